The standard InChI is InChI=1S/C56H36B2O8/c1-33-15-9-11-23-43(33)61-37-27-49-53-51(29-37)65-55-39(21-13-25-45(55)59-35-17-5-3-6-18-35)57(53)41-31-42-48(32-47(41)63-49)64-50-28-38(62-44-24-12-10-16-34(44)2)30-52-54(50)58(42)40-22-14-26-46(56(40)66-52)60-36-19-7-4-8-20-36/h3-32H,1-2H3. The molecule has 9 aromatic carbocycles. The van der Waals surface area contributed by atoms with Gasteiger partial charge in [-0.05, 0) is 95.4 Å². The molecule has 0 bridgehead atoms. The average molecular weight is 859 g/mol. The summed E-state index contributed by atoms with van der Waals surface area (Å²) in [6.45, 7) is 3.43. The molecule has 0 N–H and O–H groups in total. The highest BCUT2D eigenvalue weighted by atomic mass is 16.5. The molecule has 10 heteroatoms. The molecule has 4 aliphatic rings. The zero-order valence-electron chi connectivity index (χ0n) is 35.7. The van der Waals surface area contributed by atoms with Crippen molar-refractivity contribution >= 4 is 46.2 Å². The lowest BCUT2D eigenvalue weighted by Gasteiger charge is -2.37. The van der Waals surface area contributed by atoms with Crippen molar-refractivity contribution in [2.24, 2.45) is 0 Å². The summed E-state index contributed by atoms with van der Waals surface area (Å²) in [4.78, 5) is 0. The molecule has 0 aromatic heterocycles. The van der Waals surface area contributed by atoms with Crippen LogP contribution in [0.5, 0.6) is 92.0 Å². The molecule has 4 aliphatic heterocycles. The van der Waals surface area contributed by atoms with Gasteiger partial charge in [0.15, 0.2) is 23.0 Å². The van der Waals surface area contributed by atoms with E-state index in [1.165, 1.54) is 0 Å². The number of ether oxygens (including phenoxy) is 8. The van der Waals surface area contributed by atoms with Crippen LogP contribution in [0.15, 0.2) is 182 Å². The van der Waals surface area contributed by atoms with E-state index in [1.54, 1.807) is 0 Å². The molecule has 0 fully saturated rings. The van der Waals surface area contributed by atoms with Gasteiger partial charge in [0, 0.05) is 41.3 Å². The van der Waals surface area contributed by atoms with Crippen molar-refractivity contribution in [2.75, 3.05) is 0 Å². The smallest absolute Gasteiger partial charge is 0.260 e. The first kappa shape index (κ1) is 38.0. The van der Waals surface area contributed by atoms with E-state index in [4.69, 9.17) is 37.9 Å². The van der Waals surface area contributed by atoms with Gasteiger partial charge in [-0.25, -0.2) is 0 Å². The van der Waals surface area contributed by atoms with E-state index in [2.05, 4.69) is 18.2 Å². The lowest BCUT2D eigenvalue weighted by Crippen LogP contribution is -2.61. The summed E-state index contributed by atoms with van der Waals surface area (Å²) >= 11 is 0. The first-order valence-electron chi connectivity index (χ1n) is 21.9. The van der Waals surface area contributed by atoms with E-state index >= 15 is 0 Å². The normalized spacial score (nSPS) is 12.8. The number of hydrogen-bond acceptors (Lipinski definition) is 8. The lowest BCUT2D eigenvalue weighted by molar-refractivity contribution is 0.410. The second-order valence-corrected chi connectivity index (χ2v) is 16.8. The van der Waals surface area contributed by atoms with Crippen LogP contribution in [-0.2, 0) is 0 Å². The van der Waals surface area contributed by atoms with Crippen LogP contribution in [0.1, 0.15) is 11.1 Å². The molecule has 66 heavy (non-hydrogen) atoms. The van der Waals surface area contributed by atoms with Crippen molar-refractivity contribution in [3.63, 3.8) is 0 Å². The topological polar surface area (TPSA) is 73.8 Å². The third-order valence-electron chi connectivity index (χ3n) is 12.6. The van der Waals surface area contributed by atoms with Gasteiger partial charge in [-0.3, -0.25) is 0 Å². The van der Waals surface area contributed by atoms with Crippen molar-refractivity contribution in [2.45, 2.75) is 13.8 Å². The fourth-order valence-corrected chi connectivity index (χ4v) is 9.54. The summed E-state index contributed by atoms with van der Waals surface area (Å²) in [7, 11) is 0. The second-order valence-electron chi connectivity index (χ2n) is 16.8. The minimum atomic E-state index is -0.308. The van der Waals surface area contributed by atoms with Gasteiger partial charge in [0.25, 0.3) is 13.4 Å². The summed E-state index contributed by atoms with van der Waals surface area (Å²) in [6.07, 6.45) is 0. The molecular formula is C56H36B2O8. The van der Waals surface area contributed by atoms with Crippen LogP contribution in [0.3, 0.4) is 0 Å². The maximum absolute atomic E-state index is 6.96. The highest BCUT2D eigenvalue weighted by Gasteiger charge is 2.46. The van der Waals surface area contributed by atoms with E-state index < -0.39 is 0 Å². The zero-order chi connectivity index (χ0) is 43.9. The van der Waals surface area contributed by atoms with Crippen LogP contribution < -0.4 is 70.7 Å². The lowest BCUT2D eigenvalue weighted by atomic mass is 9.31. The van der Waals surface area contributed by atoms with Crippen molar-refractivity contribution in [1.82, 2.24) is 0 Å². The van der Waals surface area contributed by atoms with E-state index in [9.17, 15) is 0 Å². The molecule has 4 heterocycles. The monoisotopic (exact) mass is 858 g/mol. The van der Waals surface area contributed by atoms with Crippen molar-refractivity contribution in [3.8, 4) is 92.0 Å². The predicted octanol–water partition coefficient (Wildman–Crippen LogP) is 10.9. The van der Waals surface area contributed by atoms with Crippen LogP contribution in [0.25, 0.3) is 0 Å². The third-order valence-corrected chi connectivity index (χ3v) is 12.6. The third kappa shape index (κ3) is 6.32. The molecule has 8 nitrogen and oxygen atoms in total. The first-order chi connectivity index (χ1) is 32.5. The number of hydrogen-bond donors (Lipinski definition) is 0. The van der Waals surface area contributed by atoms with Crippen molar-refractivity contribution in [3.05, 3.63) is 193 Å². The first-order valence-corrected chi connectivity index (χ1v) is 21.9. The number of aryl methyl sites for hydroxylation is 2. The Hall–Kier alpha value is -8.49. The van der Waals surface area contributed by atoms with Crippen LogP contribution in [0.2, 0.25) is 0 Å². The fourth-order valence-electron chi connectivity index (χ4n) is 9.54. The minimum absolute atomic E-state index is 0.308. The zero-order valence-corrected chi connectivity index (χ0v) is 35.7. The Balaban J connectivity index is 0.995. The molecule has 0 radical (unpaired) electrons. The van der Waals surface area contributed by atoms with Crippen molar-refractivity contribution < 1.29 is 37.9 Å². The van der Waals surface area contributed by atoms with Crippen LogP contribution >= 0.6 is 0 Å². The van der Waals surface area contributed by atoms with Crippen LogP contribution in [0.4, 0.5) is 0 Å². The highest BCUT2D eigenvalue weighted by molar-refractivity contribution is 7.01. The Morgan fingerprint density at radius 2 is 0.682 bits per heavy atom. The quantitative estimate of drug-likeness (QED) is 0.140. The Kier molecular flexibility index (Phi) is 8.68. The van der Waals surface area contributed by atoms with Gasteiger partial charge < -0.3 is 37.9 Å². The SMILES string of the molecule is Cc1ccccc1Oc1cc2c3c(c1)Oc1c(Oc4ccccc4)cccc1B3c1cc3c(cc1O2)Oc1cc(Oc2ccccc2C)cc2c1B3c1cccc(Oc3ccccc3)c1O2. The minimum Gasteiger partial charge on any atom is -0.458 e. The fraction of sp³-hybridized carbons (Fsp3) is 0.0357. The maximum Gasteiger partial charge on any atom is 0.260 e. The number of rotatable bonds is 8. The molecule has 13 rings (SSSR count). The molecule has 0 amide bonds. The average Bonchev–Trinajstić information content (AvgIpc) is 3.33. The summed E-state index contributed by atoms with van der Waals surface area (Å²) < 4.78 is 53.9. The molecule has 0 saturated heterocycles. The van der Waals surface area contributed by atoms with E-state index in [0.29, 0.717) is 80.5 Å². The van der Waals surface area contributed by atoms with E-state index in [-0.39, 0.29) is 13.4 Å². The Bertz CT molecular complexity index is 3210. The molecular weight excluding hydrogens is 822 g/mol. The van der Waals surface area contributed by atoms with Gasteiger partial charge in [-0.15, -0.1) is 0 Å². The Morgan fingerprint density at radius 1 is 0.303 bits per heavy atom. The Labute approximate surface area is 381 Å². The Morgan fingerprint density at radius 3 is 1.12 bits per heavy atom. The second kappa shape index (κ2) is 15.1. The molecule has 314 valence electrons. The van der Waals surface area contributed by atoms with Crippen LogP contribution in [0, 0.1) is 13.8 Å². The number of fused-ring (bicyclic) bond motifs is 8. The molecule has 0 atom stereocenters. The van der Waals surface area contributed by atoms with Gasteiger partial charge in [-0.2, -0.15) is 0 Å². The van der Waals surface area contributed by atoms with Gasteiger partial charge in [0.05, 0.1) is 0 Å². The maximum atomic E-state index is 6.96. The predicted molar refractivity (Wildman–Crippen MR) is 257 cm³/mol. The largest absolute Gasteiger partial charge is 0.458 e. The molecule has 9 aromatic rings. The highest BCUT2D eigenvalue weighted by Crippen LogP contribution is 2.46. The van der Waals surface area contributed by atoms with E-state index in [1.807, 2.05) is 178 Å². The summed E-state index contributed by atoms with van der Waals surface area (Å²) in [5, 5.41) is 0. The van der Waals surface area contributed by atoms with Gasteiger partial charge >= 0.3 is 0 Å². The van der Waals surface area contributed by atoms with Crippen molar-refractivity contribution in [1.29, 1.82) is 0 Å². The summed E-state index contributed by atoms with van der Waals surface area (Å²) in [6, 6.07) is 59.5. The number of para-hydroxylation sites is 6. The van der Waals surface area contributed by atoms with Gasteiger partial charge in [0.2, 0.25) is 0 Å². The molecule has 0 saturated carbocycles. The van der Waals surface area contributed by atoms with Crippen LogP contribution in [-0.4, -0.2) is 13.4 Å². The molecule has 0 spiro atoms. The summed E-state index contributed by atoms with van der Waals surface area (Å²) in [5.74, 6) is 10.2. The van der Waals surface area contributed by atoms with E-state index in [0.717, 1.165) is 55.4 Å². The molecule has 0 unspecified atom stereocenters. The molecule has 0 aliphatic carbocycles. The van der Waals surface area contributed by atoms with Gasteiger partial charge in [-0.1, -0.05) is 103 Å². The van der Waals surface area contributed by atoms with Gasteiger partial charge in [0.1, 0.15) is 69.0 Å². The number of benzene rings is 9. The summed E-state index contributed by atoms with van der Waals surface area (Å²) in [5.41, 5.74) is 7.59.